The molecule has 1 heterocycles. The fraction of sp³-hybridized carbons (Fsp3) is 0.385. The molecular formula is C26H25NO5. The van der Waals surface area contributed by atoms with Crippen molar-refractivity contribution in [2.75, 3.05) is 11.5 Å². The van der Waals surface area contributed by atoms with Crippen LogP contribution in [-0.4, -0.2) is 30.2 Å². The van der Waals surface area contributed by atoms with Crippen molar-refractivity contribution >= 4 is 29.3 Å². The van der Waals surface area contributed by atoms with Gasteiger partial charge in [-0.2, -0.15) is 0 Å². The molecule has 2 bridgehead atoms. The number of nitrogens with zero attached hydrogens (tertiary/aromatic N) is 1. The van der Waals surface area contributed by atoms with E-state index in [1.54, 1.807) is 24.3 Å². The second-order valence-corrected chi connectivity index (χ2v) is 9.24. The summed E-state index contributed by atoms with van der Waals surface area (Å²) in [6, 6.07) is 11.6. The zero-order chi connectivity index (χ0) is 22.6. The van der Waals surface area contributed by atoms with Crippen LogP contribution in [0.15, 0.2) is 42.5 Å². The van der Waals surface area contributed by atoms with E-state index < -0.39 is 5.97 Å². The fourth-order valence-electron chi connectivity index (χ4n) is 5.62. The SMILES string of the molecule is Cc1ccc(C(=O)COC(=O)c2ccc(N3C(=O)[C@@H]4[C@H]5CC[C@@H](C5)[C@H]4C3=O)cc2)cc1C. The predicted molar refractivity (Wildman–Crippen MR) is 117 cm³/mol. The average molecular weight is 431 g/mol. The maximum Gasteiger partial charge on any atom is 0.338 e. The molecular weight excluding hydrogens is 406 g/mol. The number of imide groups is 1. The molecule has 32 heavy (non-hydrogen) atoms. The Kier molecular flexibility index (Phi) is 4.96. The van der Waals surface area contributed by atoms with E-state index >= 15 is 0 Å². The highest BCUT2D eigenvalue weighted by Crippen LogP contribution is 2.56. The first-order valence-electron chi connectivity index (χ1n) is 11.1. The number of hydrogen-bond acceptors (Lipinski definition) is 5. The number of rotatable bonds is 5. The number of aryl methyl sites for hydroxylation is 2. The van der Waals surface area contributed by atoms with Gasteiger partial charge in [0.15, 0.2) is 12.4 Å². The summed E-state index contributed by atoms with van der Waals surface area (Å²) in [5.74, 6) is -0.811. The van der Waals surface area contributed by atoms with Gasteiger partial charge in [0.1, 0.15) is 0 Å². The first-order chi connectivity index (χ1) is 15.3. The van der Waals surface area contributed by atoms with Crippen LogP contribution in [0.25, 0.3) is 0 Å². The Bertz CT molecular complexity index is 1110. The Morgan fingerprint density at radius 1 is 0.875 bits per heavy atom. The normalized spacial score (nSPS) is 25.9. The number of amides is 2. The van der Waals surface area contributed by atoms with Crippen LogP contribution in [-0.2, 0) is 14.3 Å². The molecule has 3 fully saturated rings. The molecule has 2 aromatic rings. The largest absolute Gasteiger partial charge is 0.454 e. The van der Waals surface area contributed by atoms with Crippen LogP contribution in [0.2, 0.25) is 0 Å². The molecule has 0 radical (unpaired) electrons. The van der Waals surface area contributed by atoms with Crippen molar-refractivity contribution in [3.8, 4) is 0 Å². The first kappa shape index (κ1) is 20.6. The van der Waals surface area contributed by atoms with Crippen molar-refractivity contribution in [2.45, 2.75) is 33.1 Å². The van der Waals surface area contributed by atoms with Crippen molar-refractivity contribution < 1.29 is 23.9 Å². The van der Waals surface area contributed by atoms with Gasteiger partial charge in [-0.1, -0.05) is 12.1 Å². The summed E-state index contributed by atoms with van der Waals surface area (Å²) in [7, 11) is 0. The molecule has 0 N–H and O–H groups in total. The molecule has 3 aliphatic rings. The van der Waals surface area contributed by atoms with Gasteiger partial charge >= 0.3 is 5.97 Å². The van der Waals surface area contributed by atoms with Gasteiger partial charge in [-0.3, -0.25) is 19.3 Å². The van der Waals surface area contributed by atoms with Gasteiger partial charge < -0.3 is 4.74 Å². The topological polar surface area (TPSA) is 80.8 Å². The van der Waals surface area contributed by atoms with Crippen molar-refractivity contribution in [2.24, 2.45) is 23.7 Å². The molecule has 1 aliphatic heterocycles. The third-order valence-electron chi connectivity index (χ3n) is 7.45. The summed E-state index contributed by atoms with van der Waals surface area (Å²) < 4.78 is 5.18. The van der Waals surface area contributed by atoms with E-state index in [2.05, 4.69) is 0 Å². The lowest BCUT2D eigenvalue weighted by Gasteiger charge is -2.19. The lowest BCUT2D eigenvalue weighted by molar-refractivity contribution is -0.123. The third kappa shape index (κ3) is 3.25. The number of anilines is 1. The number of ether oxygens (including phenoxy) is 1. The van der Waals surface area contributed by atoms with E-state index in [-0.39, 0.29) is 41.6 Å². The number of carbonyl (C=O) groups excluding carboxylic acids is 4. The molecule has 0 spiro atoms. The number of Topliss-reactive ketones (excluding diaryl/α,β-unsaturated/α-hetero) is 1. The molecule has 2 amide bonds. The summed E-state index contributed by atoms with van der Waals surface area (Å²) >= 11 is 0. The molecule has 2 saturated carbocycles. The molecule has 164 valence electrons. The smallest absolute Gasteiger partial charge is 0.338 e. The van der Waals surface area contributed by atoms with Gasteiger partial charge in [0.2, 0.25) is 11.8 Å². The highest BCUT2D eigenvalue weighted by atomic mass is 16.5. The second-order valence-electron chi connectivity index (χ2n) is 9.24. The minimum Gasteiger partial charge on any atom is -0.454 e. The number of fused-ring (bicyclic) bond motifs is 5. The Morgan fingerprint density at radius 2 is 1.47 bits per heavy atom. The standard InChI is InChI=1S/C26H25NO5/c1-14-3-4-17(11-15(14)2)21(28)13-32-26(31)16-7-9-20(10-8-16)27-24(29)22-18-5-6-19(12-18)23(22)25(27)30/h3-4,7-11,18-19,22-23H,5-6,12-13H2,1-2H3/t18-,19-,22+,23+/m0/s1. The Balaban J connectivity index is 1.24. The summed E-state index contributed by atoms with van der Waals surface area (Å²) in [5, 5.41) is 0. The van der Waals surface area contributed by atoms with Crippen LogP contribution >= 0.6 is 0 Å². The third-order valence-corrected chi connectivity index (χ3v) is 7.45. The van der Waals surface area contributed by atoms with Crippen LogP contribution in [0.4, 0.5) is 5.69 Å². The Labute approximate surface area is 186 Å². The van der Waals surface area contributed by atoms with Gasteiger partial charge in [0.25, 0.3) is 0 Å². The minimum atomic E-state index is -0.622. The predicted octanol–water partition coefficient (Wildman–Crippen LogP) is 3.88. The Hall–Kier alpha value is -3.28. The Morgan fingerprint density at radius 3 is 2.06 bits per heavy atom. The molecule has 0 aromatic heterocycles. The fourth-order valence-corrected chi connectivity index (χ4v) is 5.62. The highest BCUT2D eigenvalue weighted by molar-refractivity contribution is 6.22. The van der Waals surface area contributed by atoms with E-state index in [0.717, 1.165) is 30.4 Å². The maximum atomic E-state index is 12.9. The van der Waals surface area contributed by atoms with Crippen molar-refractivity contribution in [1.82, 2.24) is 0 Å². The van der Waals surface area contributed by atoms with E-state index in [1.165, 1.54) is 17.0 Å². The van der Waals surface area contributed by atoms with E-state index in [0.29, 0.717) is 23.1 Å². The molecule has 6 nitrogen and oxygen atoms in total. The number of hydrogen-bond donors (Lipinski definition) is 0. The van der Waals surface area contributed by atoms with Gasteiger partial charge in [-0.05, 0) is 86.4 Å². The van der Waals surface area contributed by atoms with Crippen molar-refractivity contribution in [3.63, 3.8) is 0 Å². The minimum absolute atomic E-state index is 0.110. The van der Waals surface area contributed by atoms with Crippen LogP contribution in [0.5, 0.6) is 0 Å². The molecule has 0 unspecified atom stereocenters. The zero-order valence-corrected chi connectivity index (χ0v) is 18.2. The van der Waals surface area contributed by atoms with Gasteiger partial charge in [-0.25, -0.2) is 4.79 Å². The van der Waals surface area contributed by atoms with Crippen LogP contribution in [0, 0.1) is 37.5 Å². The molecule has 1 saturated heterocycles. The number of esters is 1. The lowest BCUT2D eigenvalue weighted by Crippen LogP contribution is -2.32. The zero-order valence-electron chi connectivity index (χ0n) is 18.2. The number of ketones is 1. The van der Waals surface area contributed by atoms with Crippen LogP contribution in [0.3, 0.4) is 0 Å². The van der Waals surface area contributed by atoms with E-state index in [9.17, 15) is 19.2 Å². The number of benzene rings is 2. The lowest BCUT2D eigenvalue weighted by atomic mass is 9.81. The first-order valence-corrected chi connectivity index (χ1v) is 11.1. The van der Waals surface area contributed by atoms with E-state index in [4.69, 9.17) is 4.74 Å². The van der Waals surface area contributed by atoms with Crippen LogP contribution < -0.4 is 4.90 Å². The molecule has 4 atom stereocenters. The summed E-state index contributed by atoms with van der Waals surface area (Å²) in [4.78, 5) is 51.9. The van der Waals surface area contributed by atoms with Crippen LogP contribution in [0.1, 0.15) is 51.1 Å². The van der Waals surface area contributed by atoms with Crippen molar-refractivity contribution in [1.29, 1.82) is 0 Å². The summed E-state index contributed by atoms with van der Waals surface area (Å²) in [5.41, 5.74) is 3.34. The second kappa shape index (κ2) is 7.69. The highest BCUT2D eigenvalue weighted by Gasteiger charge is 2.61. The average Bonchev–Trinajstić information content (AvgIpc) is 3.47. The monoisotopic (exact) mass is 431 g/mol. The van der Waals surface area contributed by atoms with E-state index in [1.807, 2.05) is 19.9 Å². The maximum absolute atomic E-state index is 12.9. The molecule has 5 rings (SSSR count). The summed E-state index contributed by atoms with van der Waals surface area (Å²) in [6.45, 7) is 3.54. The molecule has 2 aliphatic carbocycles. The van der Waals surface area contributed by atoms with Gasteiger partial charge in [0, 0.05) is 5.56 Å². The quantitative estimate of drug-likeness (QED) is 0.408. The molecule has 6 heteroatoms. The number of carbonyl (C=O) groups is 4. The van der Waals surface area contributed by atoms with Crippen molar-refractivity contribution in [3.05, 3.63) is 64.7 Å². The molecule has 2 aromatic carbocycles. The summed E-state index contributed by atoms with van der Waals surface area (Å²) in [6.07, 6.45) is 3.06. The van der Waals surface area contributed by atoms with Gasteiger partial charge in [-0.15, -0.1) is 0 Å². The van der Waals surface area contributed by atoms with Gasteiger partial charge in [0.05, 0.1) is 23.1 Å².